The number of nitrogens with one attached hydrogen (secondary N) is 1. The number of imide groups is 1. The van der Waals surface area contributed by atoms with Crippen molar-refractivity contribution >= 4 is 33.4 Å². The summed E-state index contributed by atoms with van der Waals surface area (Å²) in [5, 5.41) is 3.08. The molecule has 5 heteroatoms. The van der Waals surface area contributed by atoms with Gasteiger partial charge in [-0.1, -0.05) is 24.3 Å². The van der Waals surface area contributed by atoms with Gasteiger partial charge in [0, 0.05) is 5.56 Å². The highest BCUT2D eigenvalue weighted by Crippen LogP contribution is 2.34. The second kappa shape index (κ2) is 3.98. The Kier molecular flexibility index (Phi) is 2.25. The van der Waals surface area contributed by atoms with Crippen molar-refractivity contribution < 1.29 is 9.59 Å². The second-order valence-corrected chi connectivity index (χ2v) is 5.53. The number of carbonyl (C=O) groups is 2. The van der Waals surface area contributed by atoms with Gasteiger partial charge < -0.3 is 0 Å². The molecule has 0 spiro atoms. The predicted octanol–water partition coefficient (Wildman–Crippen LogP) is 2.85. The van der Waals surface area contributed by atoms with Crippen molar-refractivity contribution in [1.29, 1.82) is 0 Å². The summed E-state index contributed by atoms with van der Waals surface area (Å²) < 4.78 is 1.06. The number of thiazole rings is 1. The van der Waals surface area contributed by atoms with E-state index in [1.165, 1.54) is 11.3 Å². The lowest BCUT2D eigenvalue weighted by Crippen LogP contribution is -2.20. The maximum atomic E-state index is 11.9. The molecule has 1 N–H and O–H groups in total. The van der Waals surface area contributed by atoms with E-state index in [0.29, 0.717) is 16.7 Å². The molecule has 0 fully saturated rings. The van der Waals surface area contributed by atoms with Crippen LogP contribution in [0.3, 0.4) is 0 Å². The van der Waals surface area contributed by atoms with Gasteiger partial charge in [0.1, 0.15) is 5.01 Å². The molecule has 2 aromatic carbocycles. The largest absolute Gasteiger partial charge is 0.288 e. The van der Waals surface area contributed by atoms with Crippen LogP contribution in [0.5, 0.6) is 0 Å². The lowest BCUT2D eigenvalue weighted by molar-refractivity contribution is 0.0880. The number of aromatic nitrogens is 1. The Morgan fingerprint density at radius 2 is 1.70 bits per heavy atom. The number of amides is 2. The SMILES string of the molecule is O=C1NC(=O)c2c1cccc2-c1nc2ccccc2s1. The summed E-state index contributed by atoms with van der Waals surface area (Å²) in [6, 6.07) is 13.1. The summed E-state index contributed by atoms with van der Waals surface area (Å²) in [6.45, 7) is 0. The van der Waals surface area contributed by atoms with Crippen molar-refractivity contribution in [2.45, 2.75) is 0 Å². The number of hydrogen-bond donors (Lipinski definition) is 1. The van der Waals surface area contributed by atoms with Crippen LogP contribution in [-0.4, -0.2) is 16.8 Å². The fraction of sp³-hybridized carbons (Fsp3) is 0. The van der Waals surface area contributed by atoms with Crippen LogP contribution in [0, 0.1) is 0 Å². The van der Waals surface area contributed by atoms with Gasteiger partial charge in [-0.05, 0) is 18.2 Å². The molecule has 2 amide bonds. The van der Waals surface area contributed by atoms with Crippen LogP contribution in [0.25, 0.3) is 20.8 Å². The van der Waals surface area contributed by atoms with Crippen LogP contribution < -0.4 is 5.32 Å². The Bertz CT molecular complexity index is 849. The van der Waals surface area contributed by atoms with E-state index in [1.807, 2.05) is 30.3 Å². The van der Waals surface area contributed by atoms with E-state index in [9.17, 15) is 9.59 Å². The standard InChI is InChI=1S/C15H8N2O2S/c18-13-8-4-3-5-9(12(8)14(19)17-13)15-16-10-6-1-2-7-11(10)20-15/h1-7H,(H,17,18,19). The van der Waals surface area contributed by atoms with E-state index in [1.54, 1.807) is 12.1 Å². The molecule has 1 aliphatic rings. The van der Waals surface area contributed by atoms with E-state index in [0.717, 1.165) is 15.2 Å². The minimum absolute atomic E-state index is 0.340. The Morgan fingerprint density at radius 1 is 0.900 bits per heavy atom. The van der Waals surface area contributed by atoms with Crippen molar-refractivity contribution in [3.05, 3.63) is 53.6 Å². The third-order valence-corrected chi connectivity index (χ3v) is 4.36. The van der Waals surface area contributed by atoms with Crippen molar-refractivity contribution in [1.82, 2.24) is 10.3 Å². The topological polar surface area (TPSA) is 59.1 Å². The summed E-state index contributed by atoms with van der Waals surface area (Å²) in [5.41, 5.74) is 2.46. The molecular formula is C15H8N2O2S. The quantitative estimate of drug-likeness (QED) is 0.697. The maximum absolute atomic E-state index is 11.9. The molecule has 4 nitrogen and oxygen atoms in total. The summed E-state index contributed by atoms with van der Waals surface area (Å²) in [4.78, 5) is 28.2. The highest BCUT2D eigenvalue weighted by molar-refractivity contribution is 7.21. The van der Waals surface area contributed by atoms with Gasteiger partial charge >= 0.3 is 0 Å². The van der Waals surface area contributed by atoms with Gasteiger partial charge in [-0.3, -0.25) is 14.9 Å². The van der Waals surface area contributed by atoms with Gasteiger partial charge in [0.25, 0.3) is 11.8 Å². The highest BCUT2D eigenvalue weighted by atomic mass is 32.1. The Labute approximate surface area is 118 Å². The zero-order chi connectivity index (χ0) is 13.7. The van der Waals surface area contributed by atoms with Gasteiger partial charge in [-0.15, -0.1) is 11.3 Å². The predicted molar refractivity (Wildman–Crippen MR) is 76.9 cm³/mol. The average molecular weight is 280 g/mol. The number of fused-ring (bicyclic) bond motifs is 2. The van der Waals surface area contributed by atoms with E-state index in [4.69, 9.17) is 0 Å². The molecular weight excluding hydrogens is 272 g/mol. The van der Waals surface area contributed by atoms with E-state index in [-0.39, 0.29) is 11.8 Å². The van der Waals surface area contributed by atoms with E-state index < -0.39 is 0 Å². The summed E-state index contributed by atoms with van der Waals surface area (Å²) in [5.74, 6) is -0.687. The lowest BCUT2D eigenvalue weighted by Gasteiger charge is -2.01. The zero-order valence-corrected chi connectivity index (χ0v) is 11.0. The van der Waals surface area contributed by atoms with Gasteiger partial charge in [-0.2, -0.15) is 0 Å². The Hall–Kier alpha value is -2.53. The fourth-order valence-electron chi connectivity index (χ4n) is 2.38. The minimum atomic E-state index is -0.347. The zero-order valence-electron chi connectivity index (χ0n) is 10.2. The summed E-state index contributed by atoms with van der Waals surface area (Å²) in [6.07, 6.45) is 0. The highest BCUT2D eigenvalue weighted by Gasteiger charge is 2.30. The van der Waals surface area contributed by atoms with E-state index in [2.05, 4.69) is 10.3 Å². The number of para-hydroxylation sites is 1. The Balaban J connectivity index is 2.00. The number of hydrogen-bond acceptors (Lipinski definition) is 4. The molecule has 1 aliphatic heterocycles. The molecule has 20 heavy (non-hydrogen) atoms. The fourth-order valence-corrected chi connectivity index (χ4v) is 3.38. The molecule has 1 aromatic heterocycles. The van der Waals surface area contributed by atoms with Gasteiger partial charge in [0.2, 0.25) is 0 Å². The minimum Gasteiger partial charge on any atom is -0.288 e. The van der Waals surface area contributed by atoms with Gasteiger partial charge in [0.05, 0.1) is 21.3 Å². The molecule has 0 aliphatic carbocycles. The molecule has 4 rings (SSSR count). The first-order chi connectivity index (χ1) is 9.74. The van der Waals surface area contributed by atoms with Gasteiger partial charge in [-0.25, -0.2) is 4.98 Å². The molecule has 0 radical (unpaired) electrons. The van der Waals surface area contributed by atoms with Crippen LogP contribution in [0.2, 0.25) is 0 Å². The Morgan fingerprint density at radius 3 is 2.55 bits per heavy atom. The summed E-state index contributed by atoms with van der Waals surface area (Å²) in [7, 11) is 0. The number of carbonyl (C=O) groups excluding carboxylic acids is 2. The van der Waals surface area contributed by atoms with Gasteiger partial charge in [0.15, 0.2) is 0 Å². The molecule has 0 saturated carbocycles. The molecule has 0 bridgehead atoms. The number of benzene rings is 2. The molecule has 0 unspecified atom stereocenters. The van der Waals surface area contributed by atoms with Crippen LogP contribution >= 0.6 is 11.3 Å². The van der Waals surface area contributed by atoms with Crippen LogP contribution in [0.15, 0.2) is 42.5 Å². The summed E-state index contributed by atoms with van der Waals surface area (Å²) >= 11 is 1.52. The van der Waals surface area contributed by atoms with Crippen molar-refractivity contribution in [3.8, 4) is 10.6 Å². The van der Waals surface area contributed by atoms with E-state index >= 15 is 0 Å². The third-order valence-electron chi connectivity index (χ3n) is 3.29. The average Bonchev–Trinajstić information content (AvgIpc) is 3.01. The lowest BCUT2D eigenvalue weighted by atomic mass is 10.0. The first-order valence-electron chi connectivity index (χ1n) is 6.09. The van der Waals surface area contributed by atoms with Crippen LogP contribution in [-0.2, 0) is 0 Å². The maximum Gasteiger partial charge on any atom is 0.259 e. The molecule has 96 valence electrons. The molecule has 3 aromatic rings. The first kappa shape index (κ1) is 11.3. The normalized spacial score (nSPS) is 13.6. The number of nitrogens with zero attached hydrogens (tertiary/aromatic N) is 1. The third kappa shape index (κ3) is 1.50. The molecule has 0 atom stereocenters. The van der Waals surface area contributed by atoms with Crippen molar-refractivity contribution in [2.24, 2.45) is 0 Å². The number of rotatable bonds is 1. The van der Waals surface area contributed by atoms with Crippen molar-refractivity contribution in [2.75, 3.05) is 0 Å². The van der Waals surface area contributed by atoms with Crippen LogP contribution in [0.1, 0.15) is 20.7 Å². The molecule has 0 saturated heterocycles. The monoisotopic (exact) mass is 280 g/mol. The van der Waals surface area contributed by atoms with Crippen LogP contribution in [0.4, 0.5) is 0 Å². The smallest absolute Gasteiger partial charge is 0.259 e. The second-order valence-electron chi connectivity index (χ2n) is 4.50. The first-order valence-corrected chi connectivity index (χ1v) is 6.90. The molecule has 2 heterocycles. The van der Waals surface area contributed by atoms with Crippen molar-refractivity contribution in [3.63, 3.8) is 0 Å².